The molecule has 31 heavy (non-hydrogen) atoms. The number of carbonyl (C=O) groups excluding carboxylic acids is 1. The van der Waals surface area contributed by atoms with E-state index in [1.165, 1.54) is 49.9 Å². The molecule has 0 aliphatic heterocycles. The number of ether oxygens (including phenoxy) is 1. The van der Waals surface area contributed by atoms with E-state index in [0.717, 1.165) is 31.2 Å². The Morgan fingerprint density at radius 1 is 0.806 bits per heavy atom. The summed E-state index contributed by atoms with van der Waals surface area (Å²) in [4.78, 5) is 12.3. The molecule has 0 fully saturated rings. The largest absolute Gasteiger partial charge is 0.426 e. The number of rotatable bonds is 12. The van der Waals surface area contributed by atoms with Crippen molar-refractivity contribution < 1.29 is 18.3 Å². The van der Waals surface area contributed by atoms with Crippen LogP contribution in [0.25, 0.3) is 11.7 Å². The topological polar surface area (TPSA) is 26.3 Å². The van der Waals surface area contributed by atoms with Gasteiger partial charge in [-0.15, -0.1) is 0 Å². The number of halogens is 2. The molecular formula is C27H34F2O2. The molecule has 0 N–H and O–H groups in total. The summed E-state index contributed by atoms with van der Waals surface area (Å²) >= 11 is 0. The van der Waals surface area contributed by atoms with Gasteiger partial charge in [0, 0.05) is 11.1 Å². The van der Waals surface area contributed by atoms with E-state index in [0.29, 0.717) is 5.75 Å². The van der Waals surface area contributed by atoms with Crippen LogP contribution in [0.1, 0.15) is 82.4 Å². The standard InChI is InChI=1S/C27H34F2O2/c1-4-6-7-8-9-10-11-20(3)27(30)31-24-18-16-23(17-19-24)26(29)25(28)22-14-12-21(5-2)13-15-22/h12-20H,4-11H2,1-3H3/t20-/m0/s1. The van der Waals surface area contributed by atoms with Crippen molar-refractivity contribution in [3.8, 4) is 5.75 Å². The smallest absolute Gasteiger partial charge is 0.314 e. The molecule has 0 aromatic heterocycles. The van der Waals surface area contributed by atoms with Crippen LogP contribution in [-0.2, 0) is 11.2 Å². The Morgan fingerprint density at radius 2 is 1.32 bits per heavy atom. The van der Waals surface area contributed by atoms with Gasteiger partial charge in [-0.2, -0.15) is 0 Å². The summed E-state index contributed by atoms with van der Waals surface area (Å²) < 4.78 is 34.5. The van der Waals surface area contributed by atoms with Gasteiger partial charge in [-0.3, -0.25) is 4.79 Å². The second-order valence-electron chi connectivity index (χ2n) is 8.08. The molecule has 0 saturated carbocycles. The highest BCUT2D eigenvalue weighted by Crippen LogP contribution is 2.30. The van der Waals surface area contributed by atoms with E-state index in [2.05, 4.69) is 6.92 Å². The van der Waals surface area contributed by atoms with Crippen molar-refractivity contribution >= 4 is 17.6 Å². The van der Waals surface area contributed by atoms with Gasteiger partial charge in [0.1, 0.15) is 5.75 Å². The molecule has 0 radical (unpaired) electrons. The summed E-state index contributed by atoms with van der Waals surface area (Å²) in [5.41, 5.74) is 1.37. The summed E-state index contributed by atoms with van der Waals surface area (Å²) in [6.45, 7) is 6.06. The van der Waals surface area contributed by atoms with Crippen LogP contribution in [0.3, 0.4) is 0 Å². The maximum absolute atomic E-state index is 14.6. The van der Waals surface area contributed by atoms with Crippen molar-refractivity contribution in [3.05, 3.63) is 65.2 Å². The van der Waals surface area contributed by atoms with Crippen LogP contribution in [0.2, 0.25) is 0 Å². The summed E-state index contributed by atoms with van der Waals surface area (Å²) in [6.07, 6.45) is 8.71. The SMILES string of the molecule is CCCCCCCC[C@H](C)C(=O)Oc1ccc(C(F)=C(F)c2ccc(CC)cc2)cc1. The highest BCUT2D eigenvalue weighted by molar-refractivity contribution is 5.83. The highest BCUT2D eigenvalue weighted by atomic mass is 19.2. The molecule has 2 aromatic carbocycles. The third-order valence-corrected chi connectivity index (χ3v) is 5.53. The van der Waals surface area contributed by atoms with Gasteiger partial charge in [-0.25, -0.2) is 8.78 Å². The Kier molecular flexibility index (Phi) is 10.4. The zero-order valence-electron chi connectivity index (χ0n) is 18.9. The molecule has 0 bridgehead atoms. The Morgan fingerprint density at radius 3 is 1.87 bits per heavy atom. The fourth-order valence-corrected chi connectivity index (χ4v) is 3.37. The highest BCUT2D eigenvalue weighted by Gasteiger charge is 2.16. The molecule has 0 unspecified atom stereocenters. The minimum Gasteiger partial charge on any atom is -0.426 e. The van der Waals surface area contributed by atoms with Crippen molar-refractivity contribution in [2.45, 2.75) is 72.1 Å². The van der Waals surface area contributed by atoms with Crippen LogP contribution >= 0.6 is 0 Å². The summed E-state index contributed by atoms with van der Waals surface area (Å²) in [5, 5.41) is 0. The van der Waals surface area contributed by atoms with Gasteiger partial charge in [0.25, 0.3) is 0 Å². The van der Waals surface area contributed by atoms with Gasteiger partial charge in [-0.05, 0) is 42.7 Å². The fourth-order valence-electron chi connectivity index (χ4n) is 3.37. The van der Waals surface area contributed by atoms with Crippen LogP contribution in [0, 0.1) is 5.92 Å². The average Bonchev–Trinajstić information content (AvgIpc) is 2.80. The molecule has 0 amide bonds. The molecule has 168 valence electrons. The Balaban J connectivity index is 1.90. The Labute approximate surface area is 185 Å². The number of unbranched alkanes of at least 4 members (excludes halogenated alkanes) is 5. The molecule has 1 atom stereocenters. The third-order valence-electron chi connectivity index (χ3n) is 5.53. The molecule has 0 aliphatic carbocycles. The van der Waals surface area contributed by atoms with Crippen LogP contribution < -0.4 is 4.74 Å². The lowest BCUT2D eigenvalue weighted by molar-refractivity contribution is -0.138. The maximum Gasteiger partial charge on any atom is 0.314 e. The zero-order chi connectivity index (χ0) is 22.6. The van der Waals surface area contributed by atoms with E-state index < -0.39 is 11.7 Å². The van der Waals surface area contributed by atoms with Gasteiger partial charge in [-0.1, -0.05) is 83.6 Å². The number of carbonyl (C=O) groups is 1. The lowest BCUT2D eigenvalue weighted by atomic mass is 10.0. The zero-order valence-corrected chi connectivity index (χ0v) is 18.9. The molecule has 0 saturated heterocycles. The maximum atomic E-state index is 14.6. The van der Waals surface area contributed by atoms with E-state index >= 15 is 0 Å². The molecule has 0 heterocycles. The lowest BCUT2D eigenvalue weighted by Crippen LogP contribution is -2.17. The minimum absolute atomic E-state index is 0.108. The van der Waals surface area contributed by atoms with Crippen molar-refractivity contribution in [2.24, 2.45) is 5.92 Å². The molecule has 0 spiro atoms. The van der Waals surface area contributed by atoms with Crippen LogP contribution in [0.5, 0.6) is 5.75 Å². The fraction of sp³-hybridized carbons (Fsp3) is 0.444. The third kappa shape index (κ3) is 7.93. The monoisotopic (exact) mass is 428 g/mol. The van der Waals surface area contributed by atoms with Crippen LogP contribution in [-0.4, -0.2) is 5.97 Å². The summed E-state index contributed by atoms with van der Waals surface area (Å²) in [5.74, 6) is -1.98. The molecule has 0 aliphatic rings. The Bertz CT molecular complexity index is 839. The van der Waals surface area contributed by atoms with Crippen molar-refractivity contribution in [2.75, 3.05) is 0 Å². The van der Waals surface area contributed by atoms with Crippen LogP contribution in [0.15, 0.2) is 48.5 Å². The molecular weight excluding hydrogens is 394 g/mol. The number of esters is 1. The normalized spacial score (nSPS) is 12.9. The van der Waals surface area contributed by atoms with Crippen molar-refractivity contribution in [3.63, 3.8) is 0 Å². The Hall–Kier alpha value is -2.49. The van der Waals surface area contributed by atoms with Crippen molar-refractivity contribution in [1.29, 1.82) is 0 Å². The van der Waals surface area contributed by atoms with Crippen LogP contribution in [0.4, 0.5) is 8.78 Å². The summed E-state index contributed by atoms with van der Waals surface area (Å²) in [6, 6.07) is 12.6. The van der Waals surface area contributed by atoms with E-state index in [1.54, 1.807) is 24.3 Å². The van der Waals surface area contributed by atoms with E-state index in [-0.39, 0.29) is 23.0 Å². The van der Waals surface area contributed by atoms with Gasteiger partial charge in [0.2, 0.25) is 0 Å². The first-order valence-corrected chi connectivity index (χ1v) is 11.4. The lowest BCUT2D eigenvalue weighted by Gasteiger charge is -2.11. The minimum atomic E-state index is -0.932. The molecule has 2 nitrogen and oxygen atoms in total. The first kappa shape index (κ1) is 24.8. The van der Waals surface area contributed by atoms with Crippen molar-refractivity contribution in [1.82, 2.24) is 0 Å². The van der Waals surface area contributed by atoms with E-state index in [9.17, 15) is 13.6 Å². The molecule has 4 heteroatoms. The second kappa shape index (κ2) is 13.0. The predicted molar refractivity (Wildman–Crippen MR) is 124 cm³/mol. The molecule has 2 rings (SSSR count). The summed E-state index contributed by atoms with van der Waals surface area (Å²) in [7, 11) is 0. The van der Waals surface area contributed by atoms with E-state index in [4.69, 9.17) is 4.74 Å². The van der Waals surface area contributed by atoms with Gasteiger partial charge in [0.05, 0.1) is 5.92 Å². The predicted octanol–water partition coefficient (Wildman–Crippen LogP) is 8.31. The molecule has 2 aromatic rings. The number of benzene rings is 2. The number of aryl methyl sites for hydroxylation is 1. The second-order valence-corrected chi connectivity index (χ2v) is 8.08. The average molecular weight is 429 g/mol. The van der Waals surface area contributed by atoms with Gasteiger partial charge in [0.15, 0.2) is 11.7 Å². The van der Waals surface area contributed by atoms with E-state index in [1.807, 2.05) is 13.8 Å². The van der Waals surface area contributed by atoms with Gasteiger partial charge >= 0.3 is 5.97 Å². The van der Waals surface area contributed by atoms with Gasteiger partial charge < -0.3 is 4.74 Å². The number of hydrogen-bond donors (Lipinski definition) is 0. The quantitative estimate of drug-likeness (QED) is 0.147. The first-order valence-electron chi connectivity index (χ1n) is 11.4. The first-order chi connectivity index (χ1) is 15.0. The number of hydrogen-bond acceptors (Lipinski definition) is 2.